The van der Waals surface area contributed by atoms with Gasteiger partial charge in [-0.2, -0.15) is 11.8 Å². The monoisotopic (exact) mass is 173 g/mol. The van der Waals surface area contributed by atoms with Crippen molar-refractivity contribution < 1.29 is 4.79 Å². The van der Waals surface area contributed by atoms with Gasteiger partial charge in [0.15, 0.2) is 0 Å². The van der Waals surface area contributed by atoms with Gasteiger partial charge in [-0.3, -0.25) is 4.79 Å². The van der Waals surface area contributed by atoms with E-state index < -0.39 is 0 Å². The maximum Gasteiger partial charge on any atom is 0.219 e. The Morgan fingerprint density at radius 1 is 1.64 bits per heavy atom. The van der Waals surface area contributed by atoms with Gasteiger partial charge in [0.2, 0.25) is 5.91 Å². The normalized spacial score (nSPS) is 30.4. The van der Waals surface area contributed by atoms with E-state index in [0.717, 1.165) is 5.75 Å². The molecule has 0 bridgehead atoms. The third kappa shape index (κ3) is 2.40. The fourth-order valence-corrected chi connectivity index (χ4v) is 2.56. The van der Waals surface area contributed by atoms with Gasteiger partial charge >= 0.3 is 0 Å². The van der Waals surface area contributed by atoms with Crippen LogP contribution in [-0.2, 0) is 4.79 Å². The molecule has 1 rings (SSSR count). The number of amides is 1. The molecule has 0 aromatic carbocycles. The van der Waals surface area contributed by atoms with Crippen LogP contribution in [0.4, 0.5) is 0 Å². The molecule has 1 amide bonds. The molecule has 1 fully saturated rings. The second kappa shape index (κ2) is 4.00. The minimum absolute atomic E-state index is 0.185. The van der Waals surface area contributed by atoms with Crippen LogP contribution in [0.1, 0.15) is 20.3 Å². The number of rotatable bonds is 2. The molecule has 1 saturated heterocycles. The van der Waals surface area contributed by atoms with Crippen LogP contribution in [0, 0.1) is 5.92 Å². The second-order valence-electron chi connectivity index (χ2n) is 3.04. The van der Waals surface area contributed by atoms with Crippen molar-refractivity contribution in [2.24, 2.45) is 5.92 Å². The van der Waals surface area contributed by atoms with Crippen molar-refractivity contribution in [2.45, 2.75) is 26.3 Å². The molecule has 1 aliphatic heterocycles. The van der Waals surface area contributed by atoms with Crippen molar-refractivity contribution in [1.29, 1.82) is 0 Å². The Morgan fingerprint density at radius 3 is 2.82 bits per heavy atom. The van der Waals surface area contributed by atoms with Crippen LogP contribution in [0.2, 0.25) is 0 Å². The Morgan fingerprint density at radius 2 is 2.36 bits per heavy atom. The Labute approximate surface area is 72.1 Å². The molecule has 2 nitrogen and oxygen atoms in total. The van der Waals surface area contributed by atoms with Crippen molar-refractivity contribution >= 4 is 17.7 Å². The Balaban J connectivity index is 2.30. The Hall–Kier alpha value is -0.180. The largest absolute Gasteiger partial charge is 0.352 e. The van der Waals surface area contributed by atoms with Gasteiger partial charge in [-0.1, -0.05) is 13.8 Å². The van der Waals surface area contributed by atoms with Crippen molar-refractivity contribution in [3.63, 3.8) is 0 Å². The Bertz CT molecular complexity index is 149. The number of hydrogen-bond donors (Lipinski definition) is 1. The minimum Gasteiger partial charge on any atom is -0.352 e. The highest BCUT2D eigenvalue weighted by molar-refractivity contribution is 7.99. The zero-order chi connectivity index (χ0) is 8.27. The van der Waals surface area contributed by atoms with E-state index in [1.807, 2.05) is 18.7 Å². The van der Waals surface area contributed by atoms with Crippen LogP contribution >= 0.6 is 11.8 Å². The van der Waals surface area contributed by atoms with E-state index in [4.69, 9.17) is 0 Å². The molecule has 11 heavy (non-hydrogen) atoms. The van der Waals surface area contributed by atoms with E-state index in [1.54, 1.807) is 0 Å². The number of thioether (sulfide) groups is 1. The maximum atomic E-state index is 11.0. The molecular formula is C8H15NOS. The molecule has 0 aliphatic carbocycles. The summed E-state index contributed by atoms with van der Waals surface area (Å²) in [6.07, 6.45) is 0.605. The van der Waals surface area contributed by atoms with Crippen molar-refractivity contribution in [3.8, 4) is 0 Å². The standard InChI is InChI=1S/C8H15NOS/c1-3-8(10)9-7-5-11-4-6(7)2/h6-7H,3-5H2,1-2H3,(H,9,10). The average Bonchev–Trinajstić information content (AvgIpc) is 2.37. The van der Waals surface area contributed by atoms with Gasteiger partial charge in [-0.05, 0) is 11.7 Å². The van der Waals surface area contributed by atoms with Gasteiger partial charge in [0.1, 0.15) is 0 Å². The first kappa shape index (κ1) is 8.91. The molecule has 1 aliphatic rings. The molecule has 2 atom stereocenters. The first-order chi connectivity index (χ1) is 5.24. The molecule has 2 unspecified atom stereocenters. The maximum absolute atomic E-state index is 11.0. The molecule has 0 aromatic rings. The summed E-state index contributed by atoms with van der Waals surface area (Å²) in [6, 6.07) is 0.424. The van der Waals surface area contributed by atoms with Crippen LogP contribution in [0.15, 0.2) is 0 Å². The number of hydrogen-bond acceptors (Lipinski definition) is 2. The van der Waals surface area contributed by atoms with Gasteiger partial charge in [0.05, 0.1) is 0 Å². The highest BCUT2D eigenvalue weighted by Gasteiger charge is 2.24. The van der Waals surface area contributed by atoms with Crippen molar-refractivity contribution in [3.05, 3.63) is 0 Å². The molecule has 3 heteroatoms. The van der Waals surface area contributed by atoms with Crippen molar-refractivity contribution in [1.82, 2.24) is 5.32 Å². The molecule has 1 heterocycles. The predicted molar refractivity (Wildman–Crippen MR) is 48.7 cm³/mol. The fraction of sp³-hybridized carbons (Fsp3) is 0.875. The van der Waals surface area contributed by atoms with Gasteiger partial charge in [0.25, 0.3) is 0 Å². The Kier molecular flexibility index (Phi) is 3.24. The molecule has 64 valence electrons. The third-order valence-electron chi connectivity index (χ3n) is 2.03. The number of nitrogens with one attached hydrogen (secondary N) is 1. The van der Waals surface area contributed by atoms with Gasteiger partial charge in [0, 0.05) is 18.2 Å². The third-order valence-corrected chi connectivity index (χ3v) is 3.39. The summed E-state index contributed by atoms with van der Waals surface area (Å²) in [5.74, 6) is 3.11. The minimum atomic E-state index is 0.185. The first-order valence-electron chi connectivity index (χ1n) is 4.11. The lowest BCUT2D eigenvalue weighted by molar-refractivity contribution is -0.121. The molecule has 0 aromatic heterocycles. The van der Waals surface area contributed by atoms with E-state index >= 15 is 0 Å². The summed E-state index contributed by atoms with van der Waals surface area (Å²) in [4.78, 5) is 11.0. The SMILES string of the molecule is CCC(=O)NC1CSCC1C. The zero-order valence-corrected chi connectivity index (χ0v) is 7.91. The van der Waals surface area contributed by atoms with Crippen LogP contribution < -0.4 is 5.32 Å². The topological polar surface area (TPSA) is 29.1 Å². The fourth-order valence-electron chi connectivity index (χ4n) is 1.15. The molecule has 1 N–H and O–H groups in total. The molecular weight excluding hydrogens is 158 g/mol. The van der Waals surface area contributed by atoms with Gasteiger partial charge < -0.3 is 5.32 Å². The number of carbonyl (C=O) groups excluding carboxylic acids is 1. The lowest BCUT2D eigenvalue weighted by Gasteiger charge is -2.15. The quantitative estimate of drug-likeness (QED) is 0.681. The summed E-state index contributed by atoms with van der Waals surface area (Å²) in [5, 5.41) is 3.02. The summed E-state index contributed by atoms with van der Waals surface area (Å²) in [6.45, 7) is 4.09. The van der Waals surface area contributed by atoms with Crippen LogP contribution in [0.3, 0.4) is 0 Å². The highest BCUT2D eigenvalue weighted by Crippen LogP contribution is 2.23. The lowest BCUT2D eigenvalue weighted by Crippen LogP contribution is -2.38. The predicted octanol–water partition coefficient (Wildman–Crippen LogP) is 1.26. The summed E-state index contributed by atoms with van der Waals surface area (Å²) in [5.41, 5.74) is 0. The summed E-state index contributed by atoms with van der Waals surface area (Å²) < 4.78 is 0. The van der Waals surface area contributed by atoms with Crippen LogP contribution in [0.25, 0.3) is 0 Å². The first-order valence-corrected chi connectivity index (χ1v) is 5.26. The van der Waals surface area contributed by atoms with E-state index in [2.05, 4.69) is 12.2 Å². The highest BCUT2D eigenvalue weighted by atomic mass is 32.2. The molecule has 0 radical (unpaired) electrons. The van der Waals surface area contributed by atoms with Crippen LogP contribution in [-0.4, -0.2) is 23.5 Å². The van der Waals surface area contributed by atoms with Crippen molar-refractivity contribution in [2.75, 3.05) is 11.5 Å². The van der Waals surface area contributed by atoms with E-state index in [-0.39, 0.29) is 5.91 Å². The average molecular weight is 173 g/mol. The zero-order valence-electron chi connectivity index (χ0n) is 7.09. The van der Waals surface area contributed by atoms with Gasteiger partial charge in [-0.15, -0.1) is 0 Å². The lowest BCUT2D eigenvalue weighted by atomic mass is 10.1. The smallest absolute Gasteiger partial charge is 0.219 e. The number of carbonyl (C=O) groups is 1. The van der Waals surface area contributed by atoms with E-state index in [1.165, 1.54) is 5.75 Å². The molecule has 0 spiro atoms. The summed E-state index contributed by atoms with van der Waals surface area (Å²) >= 11 is 1.93. The van der Waals surface area contributed by atoms with Gasteiger partial charge in [-0.25, -0.2) is 0 Å². The second-order valence-corrected chi connectivity index (χ2v) is 4.12. The molecule has 0 saturated carbocycles. The van der Waals surface area contributed by atoms with E-state index in [9.17, 15) is 4.79 Å². The summed E-state index contributed by atoms with van der Waals surface area (Å²) in [7, 11) is 0. The van der Waals surface area contributed by atoms with Crippen LogP contribution in [0.5, 0.6) is 0 Å². The van der Waals surface area contributed by atoms with E-state index in [0.29, 0.717) is 18.4 Å².